The summed E-state index contributed by atoms with van der Waals surface area (Å²) in [6.07, 6.45) is 0.914. The van der Waals surface area contributed by atoms with Gasteiger partial charge >= 0.3 is 16.2 Å². The molecule has 0 unspecified atom stereocenters. The van der Waals surface area contributed by atoms with Crippen molar-refractivity contribution in [2.24, 2.45) is 0 Å². The predicted molar refractivity (Wildman–Crippen MR) is 146 cm³/mol. The highest BCUT2D eigenvalue weighted by Gasteiger charge is 2.54. The van der Waals surface area contributed by atoms with E-state index in [-0.39, 0.29) is 23.2 Å². The third kappa shape index (κ3) is 5.06. The lowest BCUT2D eigenvalue weighted by molar-refractivity contribution is -0.145. The Kier molecular flexibility index (Phi) is 8.16. The minimum atomic E-state index is -4.64. The lowest BCUT2D eigenvalue weighted by Crippen LogP contribution is -2.62. The first-order valence-electron chi connectivity index (χ1n) is 12.2. The number of para-hydroxylation sites is 1. The zero-order valence-electron chi connectivity index (χ0n) is 21.5. The van der Waals surface area contributed by atoms with Crippen LogP contribution in [0.15, 0.2) is 28.1 Å². The first-order chi connectivity index (χ1) is 17.8. The number of thiophene rings is 1. The summed E-state index contributed by atoms with van der Waals surface area (Å²) in [4.78, 5) is 25.7. The van der Waals surface area contributed by atoms with Crippen LogP contribution < -0.4 is 9.04 Å². The van der Waals surface area contributed by atoms with Gasteiger partial charge in [0.2, 0.25) is 0 Å². The highest BCUT2D eigenvalue weighted by molar-refractivity contribution is 9.11. The van der Waals surface area contributed by atoms with Crippen molar-refractivity contribution in [1.82, 2.24) is 4.31 Å². The molecule has 1 aliphatic heterocycles. The number of benzene rings is 1. The molecule has 1 aromatic carbocycles. The second-order valence-corrected chi connectivity index (χ2v) is 14.0. The number of methoxy groups -OCH3 is 1. The maximum Gasteiger partial charge on any atom is 0.330 e. The molecule has 1 fully saturated rings. The number of carbonyl (C=O) groups is 2. The molecule has 2 aliphatic rings. The number of ether oxygens (including phenoxy) is 2. The van der Waals surface area contributed by atoms with Crippen LogP contribution in [0.25, 0.3) is 0 Å². The molecule has 0 bridgehead atoms. The Bertz CT molecular complexity index is 1330. The summed E-state index contributed by atoms with van der Waals surface area (Å²) in [5, 5.41) is 20.0. The van der Waals surface area contributed by atoms with Gasteiger partial charge in [0.05, 0.1) is 35.2 Å². The molecule has 0 saturated heterocycles. The van der Waals surface area contributed by atoms with Gasteiger partial charge in [0.1, 0.15) is 16.9 Å². The van der Waals surface area contributed by atoms with E-state index >= 15 is 0 Å². The van der Waals surface area contributed by atoms with Crippen LogP contribution in [0.1, 0.15) is 67.1 Å². The van der Waals surface area contributed by atoms with Crippen LogP contribution in [0, 0.1) is 6.92 Å². The van der Waals surface area contributed by atoms with Crippen molar-refractivity contribution in [1.29, 1.82) is 0 Å². The topological polar surface area (TPSA) is 134 Å². The molecule has 10 nitrogen and oxygen atoms in total. The Morgan fingerprint density at radius 2 is 1.87 bits per heavy atom. The van der Waals surface area contributed by atoms with Gasteiger partial charge in [-0.2, -0.15) is 8.42 Å². The lowest BCUT2D eigenvalue weighted by atomic mass is 9.94. The van der Waals surface area contributed by atoms with Crippen LogP contribution >= 0.6 is 27.3 Å². The lowest BCUT2D eigenvalue weighted by Gasteiger charge is -2.42. The minimum absolute atomic E-state index is 0.130. The fourth-order valence-electron chi connectivity index (χ4n) is 4.83. The van der Waals surface area contributed by atoms with Gasteiger partial charge in [0.15, 0.2) is 5.54 Å². The Hall–Kier alpha value is -2.19. The number of aliphatic hydroxyl groups is 1. The highest BCUT2D eigenvalue weighted by Crippen LogP contribution is 2.47. The van der Waals surface area contributed by atoms with Crippen molar-refractivity contribution >= 4 is 54.4 Å². The summed E-state index contributed by atoms with van der Waals surface area (Å²) in [7, 11) is -3.13. The number of aliphatic carboxylic acids is 1. The van der Waals surface area contributed by atoms with Crippen molar-refractivity contribution in [3.8, 4) is 5.75 Å². The van der Waals surface area contributed by atoms with E-state index in [9.17, 15) is 28.2 Å². The summed E-state index contributed by atoms with van der Waals surface area (Å²) >= 11 is 4.52. The van der Waals surface area contributed by atoms with Crippen molar-refractivity contribution < 1.29 is 37.7 Å². The number of carbonyl (C=O) groups excluding carboxylic acids is 1. The van der Waals surface area contributed by atoms with Crippen molar-refractivity contribution in [3.63, 3.8) is 0 Å². The first-order valence-corrected chi connectivity index (χ1v) is 15.2. The maximum absolute atomic E-state index is 14.1. The van der Waals surface area contributed by atoms with E-state index in [1.807, 2.05) is 0 Å². The van der Waals surface area contributed by atoms with E-state index in [4.69, 9.17) is 9.47 Å². The number of fused-ring (bicyclic) bond motifs is 1. The van der Waals surface area contributed by atoms with Crippen molar-refractivity contribution in [3.05, 3.63) is 44.7 Å². The van der Waals surface area contributed by atoms with E-state index in [1.165, 1.54) is 21.0 Å². The smallest absolute Gasteiger partial charge is 0.330 e. The van der Waals surface area contributed by atoms with Crippen LogP contribution in [0.3, 0.4) is 0 Å². The van der Waals surface area contributed by atoms with E-state index in [1.54, 1.807) is 31.2 Å². The van der Waals surface area contributed by atoms with Gasteiger partial charge in [-0.15, -0.1) is 11.3 Å². The molecule has 208 valence electrons. The molecule has 4 rings (SSSR count). The number of hydrogen-bond donors (Lipinski definition) is 2. The van der Waals surface area contributed by atoms with Crippen LogP contribution in [-0.4, -0.2) is 66.2 Å². The Morgan fingerprint density at radius 1 is 1.24 bits per heavy atom. The molecule has 1 amide bonds. The molecule has 1 saturated carbocycles. The quantitative estimate of drug-likeness (QED) is 0.442. The summed E-state index contributed by atoms with van der Waals surface area (Å²) in [6.45, 7) is 3.83. The Morgan fingerprint density at radius 3 is 2.47 bits per heavy atom. The number of carboxylic acids is 1. The molecule has 1 atom stereocenters. The van der Waals surface area contributed by atoms with E-state index in [0.717, 1.165) is 15.6 Å². The molecule has 1 aromatic heterocycles. The average Bonchev–Trinajstić information content (AvgIpc) is 3.15. The largest absolute Gasteiger partial charge is 0.496 e. The number of anilines is 1. The summed E-state index contributed by atoms with van der Waals surface area (Å²) < 4.78 is 42.2. The Balaban J connectivity index is 1.84. The van der Waals surface area contributed by atoms with E-state index in [2.05, 4.69) is 15.9 Å². The summed E-state index contributed by atoms with van der Waals surface area (Å²) in [6, 6.07) is 7.13. The van der Waals surface area contributed by atoms with Crippen LogP contribution in [0.4, 0.5) is 5.00 Å². The molecule has 2 N–H and O–H groups in total. The first kappa shape index (κ1) is 28.8. The number of amides is 1. The molecule has 2 heterocycles. The maximum atomic E-state index is 14.1. The third-order valence-corrected chi connectivity index (χ3v) is 11.3. The van der Waals surface area contributed by atoms with E-state index < -0.39 is 39.8 Å². The van der Waals surface area contributed by atoms with Crippen molar-refractivity contribution in [2.45, 2.75) is 70.3 Å². The second-order valence-electron chi connectivity index (χ2n) is 9.95. The summed E-state index contributed by atoms with van der Waals surface area (Å²) in [5.74, 6) is -1.84. The summed E-state index contributed by atoms with van der Waals surface area (Å²) in [5.41, 5.74) is -0.777. The third-order valence-electron chi connectivity index (χ3n) is 7.05. The SMILES string of the molecule is COc1ccccc1[C@H](CN1c2sc(Br)c(C)c2C(=O)N(C(C)(C)C(=O)O)S1(=O)=O)OC1CCC(O)CC1. The minimum Gasteiger partial charge on any atom is -0.496 e. The van der Waals surface area contributed by atoms with Gasteiger partial charge in [-0.3, -0.25) is 4.79 Å². The average molecular weight is 632 g/mol. The second kappa shape index (κ2) is 10.8. The van der Waals surface area contributed by atoms with Gasteiger partial charge < -0.3 is 19.7 Å². The molecule has 13 heteroatoms. The van der Waals surface area contributed by atoms with Crippen molar-refractivity contribution in [2.75, 3.05) is 18.0 Å². The van der Waals surface area contributed by atoms with Gasteiger partial charge in [-0.05, 0) is 74.0 Å². The number of carboxylic acid groups (broad SMARTS) is 1. The van der Waals surface area contributed by atoms with Gasteiger partial charge in [-0.1, -0.05) is 18.2 Å². The Labute approximate surface area is 234 Å². The molecule has 0 spiro atoms. The molecular formula is C25H31BrN2O8S2. The normalized spacial score (nSPS) is 22.2. The predicted octanol–water partition coefficient (Wildman–Crippen LogP) is 4.26. The number of halogens is 1. The number of aliphatic hydroxyl groups excluding tert-OH is 1. The van der Waals surface area contributed by atoms with Gasteiger partial charge in [-0.25, -0.2) is 13.4 Å². The molecular weight excluding hydrogens is 600 g/mol. The monoisotopic (exact) mass is 630 g/mol. The van der Waals surface area contributed by atoms with Crippen LogP contribution in [-0.2, 0) is 19.7 Å². The fraction of sp³-hybridized carbons (Fsp3) is 0.520. The molecule has 38 heavy (non-hydrogen) atoms. The van der Waals surface area contributed by atoms with Gasteiger partial charge in [0, 0.05) is 5.56 Å². The fourth-order valence-corrected chi connectivity index (χ4v) is 8.60. The number of hydrogen-bond acceptors (Lipinski definition) is 8. The zero-order chi connectivity index (χ0) is 28.0. The zero-order valence-corrected chi connectivity index (χ0v) is 24.7. The van der Waals surface area contributed by atoms with Crippen LogP contribution in [0.5, 0.6) is 5.75 Å². The molecule has 2 aromatic rings. The highest BCUT2D eigenvalue weighted by atomic mass is 79.9. The molecule has 1 aliphatic carbocycles. The van der Waals surface area contributed by atoms with Crippen LogP contribution in [0.2, 0.25) is 0 Å². The standard InChI is InChI=1S/C25H31BrN2O8S2/c1-14-20-22(30)28(25(2,3)24(31)32)38(33,34)27(23(20)37-21(14)26)13-19(17-7-5-6-8-18(17)35-4)36-16-11-9-15(29)10-12-16/h5-8,15-16,19,29H,9-13H2,1-4H3,(H,31,32)/t15?,16?,19-/m0/s1. The number of nitrogens with zero attached hydrogens (tertiary/aromatic N) is 2. The number of rotatable bonds is 8. The van der Waals surface area contributed by atoms with Gasteiger partial charge in [0.25, 0.3) is 5.91 Å². The van der Waals surface area contributed by atoms with E-state index in [0.29, 0.717) is 50.7 Å². The molecule has 0 radical (unpaired) electrons.